The van der Waals surface area contributed by atoms with Crippen molar-refractivity contribution in [1.82, 2.24) is 0 Å². The SMILES string of the molecule is NCCCc1cc(C(=O)c2ccccc2C(=O)O)c(O)cc1O. The van der Waals surface area contributed by atoms with Gasteiger partial charge in [-0.3, -0.25) is 4.79 Å². The third-order valence-corrected chi connectivity index (χ3v) is 3.49. The van der Waals surface area contributed by atoms with Crippen LogP contribution < -0.4 is 5.73 Å². The van der Waals surface area contributed by atoms with E-state index in [1.54, 1.807) is 6.07 Å². The standard InChI is InChI=1S/C17H17NO5/c18-7-3-4-10-8-13(15(20)9-14(10)19)16(21)11-5-1-2-6-12(11)17(22)23/h1-2,5-6,8-9,19-20H,3-4,7,18H2,(H,22,23). The molecule has 23 heavy (non-hydrogen) atoms. The Hall–Kier alpha value is -2.86. The molecule has 0 atom stereocenters. The van der Waals surface area contributed by atoms with Crippen LogP contribution in [0.25, 0.3) is 0 Å². The summed E-state index contributed by atoms with van der Waals surface area (Å²) in [5, 5.41) is 29.0. The maximum absolute atomic E-state index is 12.6. The fraction of sp³-hybridized carbons (Fsp3) is 0.176. The van der Waals surface area contributed by atoms with Crippen LogP contribution in [0.3, 0.4) is 0 Å². The summed E-state index contributed by atoms with van der Waals surface area (Å²) in [6.07, 6.45) is 1.06. The van der Waals surface area contributed by atoms with Crippen LogP contribution in [0, 0.1) is 0 Å². The first-order valence-corrected chi connectivity index (χ1v) is 7.07. The summed E-state index contributed by atoms with van der Waals surface area (Å²) in [5.41, 5.74) is 5.69. The van der Waals surface area contributed by atoms with Crippen LogP contribution in [0.2, 0.25) is 0 Å². The highest BCUT2D eigenvalue weighted by Gasteiger charge is 2.21. The van der Waals surface area contributed by atoms with Crippen molar-refractivity contribution in [1.29, 1.82) is 0 Å². The molecule has 6 heteroatoms. The minimum absolute atomic E-state index is 0.0224. The average Bonchev–Trinajstić information content (AvgIpc) is 2.53. The first-order chi connectivity index (χ1) is 11.0. The molecule has 0 fully saturated rings. The van der Waals surface area contributed by atoms with Crippen molar-refractivity contribution in [3.05, 3.63) is 58.7 Å². The van der Waals surface area contributed by atoms with Crippen LogP contribution >= 0.6 is 0 Å². The average molecular weight is 315 g/mol. The monoisotopic (exact) mass is 315 g/mol. The first kappa shape index (κ1) is 16.5. The molecule has 2 aromatic rings. The van der Waals surface area contributed by atoms with Crippen molar-refractivity contribution in [2.75, 3.05) is 6.54 Å². The number of carbonyl (C=O) groups excluding carboxylic acids is 1. The molecule has 0 saturated carbocycles. The van der Waals surface area contributed by atoms with E-state index >= 15 is 0 Å². The molecule has 0 aromatic heterocycles. The lowest BCUT2D eigenvalue weighted by Gasteiger charge is -2.11. The van der Waals surface area contributed by atoms with Gasteiger partial charge in [-0.1, -0.05) is 18.2 Å². The number of ketones is 1. The maximum atomic E-state index is 12.6. The molecule has 0 aliphatic heterocycles. The van der Waals surface area contributed by atoms with Gasteiger partial charge < -0.3 is 21.1 Å². The molecule has 0 saturated heterocycles. The molecule has 0 spiro atoms. The van der Waals surface area contributed by atoms with Gasteiger partial charge in [-0.25, -0.2) is 4.79 Å². The zero-order valence-electron chi connectivity index (χ0n) is 12.3. The Morgan fingerprint density at radius 1 is 0.957 bits per heavy atom. The number of hydrogen-bond acceptors (Lipinski definition) is 5. The van der Waals surface area contributed by atoms with Crippen LogP contribution in [-0.2, 0) is 6.42 Å². The van der Waals surface area contributed by atoms with Crippen molar-refractivity contribution in [3.63, 3.8) is 0 Å². The quantitative estimate of drug-likeness (QED) is 0.604. The van der Waals surface area contributed by atoms with E-state index in [0.29, 0.717) is 24.9 Å². The number of rotatable bonds is 6. The molecule has 2 rings (SSSR count). The number of aromatic carboxylic acids is 1. The molecule has 6 nitrogen and oxygen atoms in total. The van der Waals surface area contributed by atoms with Crippen LogP contribution in [-0.4, -0.2) is 33.6 Å². The van der Waals surface area contributed by atoms with Gasteiger partial charge >= 0.3 is 5.97 Å². The topological polar surface area (TPSA) is 121 Å². The van der Waals surface area contributed by atoms with E-state index in [4.69, 9.17) is 5.73 Å². The molecular formula is C17H17NO5. The molecular weight excluding hydrogens is 298 g/mol. The third-order valence-electron chi connectivity index (χ3n) is 3.49. The molecule has 0 radical (unpaired) electrons. The fourth-order valence-electron chi connectivity index (χ4n) is 2.31. The number of carboxylic acid groups (broad SMARTS) is 1. The number of phenolic OH excluding ortho intramolecular Hbond substituents is 2. The lowest BCUT2D eigenvalue weighted by Crippen LogP contribution is -2.10. The molecule has 0 bridgehead atoms. The summed E-state index contributed by atoms with van der Waals surface area (Å²) in [7, 11) is 0. The zero-order chi connectivity index (χ0) is 17.0. The Morgan fingerprint density at radius 3 is 2.22 bits per heavy atom. The fourth-order valence-corrected chi connectivity index (χ4v) is 2.31. The van der Waals surface area contributed by atoms with E-state index in [1.807, 2.05) is 0 Å². The van der Waals surface area contributed by atoms with Crippen molar-refractivity contribution < 1.29 is 24.9 Å². The highest BCUT2D eigenvalue weighted by atomic mass is 16.4. The van der Waals surface area contributed by atoms with E-state index in [0.717, 1.165) is 6.07 Å². The van der Waals surface area contributed by atoms with E-state index in [2.05, 4.69) is 0 Å². The zero-order valence-corrected chi connectivity index (χ0v) is 12.3. The number of phenols is 2. The van der Waals surface area contributed by atoms with Gasteiger partial charge in [-0.2, -0.15) is 0 Å². The van der Waals surface area contributed by atoms with Gasteiger partial charge in [0.1, 0.15) is 11.5 Å². The highest BCUT2D eigenvalue weighted by Crippen LogP contribution is 2.30. The van der Waals surface area contributed by atoms with Gasteiger partial charge in [-0.15, -0.1) is 0 Å². The van der Waals surface area contributed by atoms with E-state index in [9.17, 15) is 24.9 Å². The number of nitrogens with two attached hydrogens (primary N) is 1. The Labute approximate surface area is 132 Å². The number of hydrogen-bond donors (Lipinski definition) is 4. The lowest BCUT2D eigenvalue weighted by atomic mass is 9.95. The Bertz CT molecular complexity index is 755. The number of benzene rings is 2. The number of aromatic hydroxyl groups is 2. The normalized spacial score (nSPS) is 10.5. The van der Waals surface area contributed by atoms with Crippen LogP contribution in [0.5, 0.6) is 11.5 Å². The van der Waals surface area contributed by atoms with Gasteiger partial charge in [0.25, 0.3) is 0 Å². The predicted molar refractivity (Wildman–Crippen MR) is 84.0 cm³/mol. The van der Waals surface area contributed by atoms with Crippen LogP contribution in [0.4, 0.5) is 0 Å². The number of carboxylic acids is 1. The summed E-state index contributed by atoms with van der Waals surface area (Å²) < 4.78 is 0. The van der Waals surface area contributed by atoms with E-state index < -0.39 is 17.5 Å². The van der Waals surface area contributed by atoms with E-state index in [-0.39, 0.29) is 22.4 Å². The molecule has 0 heterocycles. The molecule has 0 aliphatic carbocycles. The number of aryl methyl sites for hydroxylation is 1. The van der Waals surface area contributed by atoms with Gasteiger partial charge in [-0.05, 0) is 37.1 Å². The van der Waals surface area contributed by atoms with Crippen molar-refractivity contribution >= 4 is 11.8 Å². The second-order valence-corrected chi connectivity index (χ2v) is 5.07. The first-order valence-electron chi connectivity index (χ1n) is 7.07. The molecule has 120 valence electrons. The summed E-state index contributed by atoms with van der Waals surface area (Å²) in [4.78, 5) is 23.8. The largest absolute Gasteiger partial charge is 0.508 e. The van der Waals surface area contributed by atoms with Crippen molar-refractivity contribution in [3.8, 4) is 11.5 Å². The van der Waals surface area contributed by atoms with Crippen LogP contribution in [0.15, 0.2) is 36.4 Å². The molecule has 2 aromatic carbocycles. The highest BCUT2D eigenvalue weighted by molar-refractivity contribution is 6.15. The molecule has 0 aliphatic rings. The summed E-state index contributed by atoms with van der Waals surface area (Å²) in [6.45, 7) is 0.422. The predicted octanol–water partition coefficient (Wildman–Crippen LogP) is 1.92. The minimum Gasteiger partial charge on any atom is -0.508 e. The van der Waals surface area contributed by atoms with Gasteiger partial charge in [0.2, 0.25) is 0 Å². The van der Waals surface area contributed by atoms with Gasteiger partial charge in [0.05, 0.1) is 11.1 Å². The summed E-state index contributed by atoms with van der Waals surface area (Å²) in [5.74, 6) is -2.37. The third kappa shape index (κ3) is 3.49. The maximum Gasteiger partial charge on any atom is 0.336 e. The smallest absolute Gasteiger partial charge is 0.336 e. The number of carbonyl (C=O) groups is 2. The Kier molecular flexibility index (Phi) is 4.98. The minimum atomic E-state index is -1.23. The van der Waals surface area contributed by atoms with E-state index in [1.165, 1.54) is 24.3 Å². The second-order valence-electron chi connectivity index (χ2n) is 5.07. The molecule has 5 N–H and O–H groups in total. The molecule has 0 unspecified atom stereocenters. The summed E-state index contributed by atoms with van der Waals surface area (Å²) >= 11 is 0. The molecule has 0 amide bonds. The lowest BCUT2D eigenvalue weighted by molar-refractivity contribution is 0.0692. The Balaban J connectivity index is 2.49. The second kappa shape index (κ2) is 6.93. The Morgan fingerprint density at radius 2 is 1.61 bits per heavy atom. The van der Waals surface area contributed by atoms with Crippen LogP contribution in [0.1, 0.15) is 38.3 Å². The van der Waals surface area contributed by atoms with Crippen molar-refractivity contribution in [2.45, 2.75) is 12.8 Å². The van der Waals surface area contributed by atoms with Gasteiger partial charge in [0.15, 0.2) is 5.78 Å². The summed E-state index contributed by atoms with van der Waals surface area (Å²) in [6, 6.07) is 8.24. The van der Waals surface area contributed by atoms with Crippen molar-refractivity contribution in [2.24, 2.45) is 5.73 Å². The van der Waals surface area contributed by atoms with Gasteiger partial charge in [0, 0.05) is 11.6 Å².